The minimum Gasteiger partial charge on any atom is -0.465 e. The second-order valence-corrected chi connectivity index (χ2v) is 9.11. The van der Waals surface area contributed by atoms with Crippen LogP contribution in [0.5, 0.6) is 0 Å². The van der Waals surface area contributed by atoms with Gasteiger partial charge in [-0.3, -0.25) is 4.79 Å². The Morgan fingerprint density at radius 3 is 1.87 bits per heavy atom. The quantitative estimate of drug-likeness (QED) is 0.735. The van der Waals surface area contributed by atoms with Gasteiger partial charge in [-0.2, -0.15) is 0 Å². The highest BCUT2D eigenvalue weighted by molar-refractivity contribution is 5.77. The number of ether oxygens (including phenoxy) is 1. The summed E-state index contributed by atoms with van der Waals surface area (Å²) in [6, 6.07) is 0. The van der Waals surface area contributed by atoms with Crippen LogP contribution in [0.2, 0.25) is 0 Å². The highest BCUT2D eigenvalue weighted by atomic mass is 16.5. The van der Waals surface area contributed by atoms with Gasteiger partial charge in [0.1, 0.15) is 0 Å². The van der Waals surface area contributed by atoms with Crippen LogP contribution >= 0.6 is 0 Å². The molecule has 1 unspecified atom stereocenters. The van der Waals surface area contributed by atoms with Crippen molar-refractivity contribution >= 4 is 5.97 Å². The average Bonchev–Trinajstić information content (AvgIpc) is 2.45. The van der Waals surface area contributed by atoms with E-state index in [1.54, 1.807) is 0 Å². The highest BCUT2D eigenvalue weighted by Gasteiger charge is 2.47. The molecule has 0 amide bonds. The molecule has 1 aliphatic heterocycles. The van der Waals surface area contributed by atoms with Crippen molar-refractivity contribution in [1.82, 2.24) is 5.32 Å². The molecule has 0 aromatic carbocycles. The van der Waals surface area contributed by atoms with Gasteiger partial charge in [-0.05, 0) is 56.0 Å². The second kappa shape index (κ2) is 9.05. The van der Waals surface area contributed by atoms with Crippen LogP contribution in [0.1, 0.15) is 81.6 Å². The van der Waals surface area contributed by atoms with E-state index in [0.717, 1.165) is 32.4 Å². The third-order valence-corrected chi connectivity index (χ3v) is 4.90. The fourth-order valence-corrected chi connectivity index (χ4v) is 3.11. The van der Waals surface area contributed by atoms with Crippen LogP contribution in [-0.2, 0) is 9.53 Å². The zero-order valence-corrected chi connectivity index (χ0v) is 17.1. The van der Waals surface area contributed by atoms with E-state index in [9.17, 15) is 4.79 Å². The molecule has 1 atom stereocenters. The van der Waals surface area contributed by atoms with Crippen molar-refractivity contribution in [3.8, 4) is 0 Å². The van der Waals surface area contributed by atoms with Crippen LogP contribution < -0.4 is 5.32 Å². The minimum absolute atomic E-state index is 0.0246. The Labute approximate surface area is 144 Å². The van der Waals surface area contributed by atoms with E-state index in [1.165, 1.54) is 0 Å². The van der Waals surface area contributed by atoms with Crippen molar-refractivity contribution < 1.29 is 9.53 Å². The molecule has 1 rings (SSSR count). The van der Waals surface area contributed by atoms with E-state index >= 15 is 0 Å². The lowest BCUT2D eigenvalue weighted by atomic mass is 9.61. The van der Waals surface area contributed by atoms with E-state index < -0.39 is 5.41 Å². The molecule has 138 valence electrons. The molecule has 0 aromatic rings. The van der Waals surface area contributed by atoms with E-state index in [-0.39, 0.29) is 16.8 Å². The molecule has 0 radical (unpaired) electrons. The van der Waals surface area contributed by atoms with Crippen molar-refractivity contribution in [2.75, 3.05) is 19.7 Å². The first-order valence-corrected chi connectivity index (χ1v) is 9.34. The number of hydrogen-bond donors (Lipinski definition) is 1. The van der Waals surface area contributed by atoms with E-state index in [1.807, 2.05) is 13.8 Å². The Morgan fingerprint density at radius 2 is 1.48 bits per heavy atom. The number of rotatable bonds is 4. The first-order valence-electron chi connectivity index (χ1n) is 9.34. The smallest absolute Gasteiger partial charge is 0.312 e. The Bertz CT molecular complexity index is 346. The van der Waals surface area contributed by atoms with E-state index in [2.05, 4.69) is 53.8 Å². The van der Waals surface area contributed by atoms with Gasteiger partial charge in [0.05, 0.1) is 12.0 Å². The second-order valence-electron chi connectivity index (χ2n) is 9.11. The fourth-order valence-electron chi connectivity index (χ4n) is 3.11. The normalized spacial score (nSPS) is 19.3. The maximum atomic E-state index is 12.8. The van der Waals surface area contributed by atoms with Crippen molar-refractivity contribution in [3.05, 3.63) is 0 Å². The van der Waals surface area contributed by atoms with Crippen LogP contribution in [0.4, 0.5) is 0 Å². The van der Waals surface area contributed by atoms with Gasteiger partial charge in [0.25, 0.3) is 0 Å². The lowest BCUT2D eigenvalue weighted by Gasteiger charge is -2.43. The standard InChI is InChI=1S/C18H35NO2.C2H6/c1-16(2,3)13-18(7,17(4,5)6)15(20)21-12-14-8-10-19-11-9-14;1-2/h14,19H,8-13H2,1-7H3;1-2H3. The van der Waals surface area contributed by atoms with Gasteiger partial charge >= 0.3 is 5.97 Å². The summed E-state index contributed by atoms with van der Waals surface area (Å²) in [4.78, 5) is 12.8. The number of esters is 1. The van der Waals surface area contributed by atoms with Crippen molar-refractivity contribution in [1.29, 1.82) is 0 Å². The SMILES string of the molecule is CC.CC(C)(C)CC(C)(C(=O)OCC1CCNCC1)C(C)(C)C. The number of nitrogens with one attached hydrogen (secondary N) is 1. The largest absolute Gasteiger partial charge is 0.465 e. The van der Waals surface area contributed by atoms with Gasteiger partial charge in [-0.25, -0.2) is 0 Å². The molecule has 23 heavy (non-hydrogen) atoms. The monoisotopic (exact) mass is 327 g/mol. The molecule has 1 saturated heterocycles. The number of hydrogen-bond acceptors (Lipinski definition) is 3. The minimum atomic E-state index is -0.446. The Hall–Kier alpha value is -0.570. The molecule has 0 bridgehead atoms. The highest BCUT2D eigenvalue weighted by Crippen LogP contribution is 2.47. The summed E-state index contributed by atoms with van der Waals surface area (Å²) in [7, 11) is 0. The van der Waals surface area contributed by atoms with E-state index in [4.69, 9.17) is 4.74 Å². The summed E-state index contributed by atoms with van der Waals surface area (Å²) < 4.78 is 5.75. The van der Waals surface area contributed by atoms with Crippen LogP contribution in [0.3, 0.4) is 0 Å². The third-order valence-electron chi connectivity index (χ3n) is 4.90. The predicted molar refractivity (Wildman–Crippen MR) is 99.5 cm³/mol. The van der Waals surface area contributed by atoms with Crippen molar-refractivity contribution in [3.63, 3.8) is 0 Å². The summed E-state index contributed by atoms with van der Waals surface area (Å²) in [5.74, 6) is 0.498. The summed E-state index contributed by atoms with van der Waals surface area (Å²) in [5, 5.41) is 3.35. The van der Waals surface area contributed by atoms with Gasteiger partial charge < -0.3 is 10.1 Å². The maximum Gasteiger partial charge on any atom is 0.312 e. The Balaban J connectivity index is 0.00000232. The first kappa shape index (κ1) is 22.4. The molecule has 0 spiro atoms. The molecule has 0 aliphatic carbocycles. The molecular formula is C20H41NO2. The Morgan fingerprint density at radius 1 is 1.00 bits per heavy atom. The first-order chi connectivity index (χ1) is 10.5. The number of carbonyl (C=O) groups excluding carboxylic acids is 1. The van der Waals surface area contributed by atoms with Crippen LogP contribution in [-0.4, -0.2) is 25.7 Å². The fraction of sp³-hybridized carbons (Fsp3) is 0.950. The number of carbonyl (C=O) groups is 1. The topological polar surface area (TPSA) is 38.3 Å². The molecule has 0 aromatic heterocycles. The summed E-state index contributed by atoms with van der Waals surface area (Å²) in [5.41, 5.74) is -0.445. The molecule has 1 heterocycles. The van der Waals surface area contributed by atoms with E-state index in [0.29, 0.717) is 12.5 Å². The molecule has 1 fully saturated rings. The summed E-state index contributed by atoms with van der Waals surface area (Å²) in [6.45, 7) is 21.7. The molecular weight excluding hydrogens is 286 g/mol. The number of piperidine rings is 1. The lowest BCUT2D eigenvalue weighted by Crippen LogP contribution is -2.45. The van der Waals surface area contributed by atoms with Gasteiger partial charge in [-0.1, -0.05) is 55.4 Å². The van der Waals surface area contributed by atoms with Crippen LogP contribution in [0, 0.1) is 22.2 Å². The molecule has 0 saturated carbocycles. The third kappa shape index (κ3) is 7.24. The molecule has 1 aliphatic rings. The molecule has 3 nitrogen and oxygen atoms in total. The predicted octanol–water partition coefficient (Wildman–Crippen LogP) is 5.04. The Kier molecular flexibility index (Phi) is 8.83. The van der Waals surface area contributed by atoms with Gasteiger partial charge in [-0.15, -0.1) is 0 Å². The maximum absolute atomic E-state index is 12.8. The van der Waals surface area contributed by atoms with Crippen LogP contribution in [0.25, 0.3) is 0 Å². The summed E-state index contributed by atoms with van der Waals surface area (Å²) in [6.07, 6.45) is 3.06. The lowest BCUT2D eigenvalue weighted by molar-refractivity contribution is -0.166. The van der Waals surface area contributed by atoms with Gasteiger partial charge in [0.15, 0.2) is 0 Å². The van der Waals surface area contributed by atoms with Crippen LogP contribution in [0.15, 0.2) is 0 Å². The zero-order valence-electron chi connectivity index (χ0n) is 17.1. The van der Waals surface area contributed by atoms with Crippen molar-refractivity contribution in [2.24, 2.45) is 22.2 Å². The van der Waals surface area contributed by atoms with Gasteiger partial charge in [0, 0.05) is 0 Å². The zero-order chi connectivity index (χ0) is 18.3. The summed E-state index contributed by atoms with van der Waals surface area (Å²) >= 11 is 0. The van der Waals surface area contributed by atoms with Gasteiger partial charge in [0.2, 0.25) is 0 Å². The molecule has 1 N–H and O–H groups in total. The van der Waals surface area contributed by atoms with Crippen molar-refractivity contribution in [2.45, 2.75) is 81.6 Å². The average molecular weight is 328 g/mol. The molecule has 3 heteroatoms.